The van der Waals surface area contributed by atoms with Gasteiger partial charge in [0, 0.05) is 11.4 Å². The first kappa shape index (κ1) is 15.0. The number of fused-ring (bicyclic) bond motifs is 2. The Kier molecular flexibility index (Phi) is 3.50. The number of hydrogen-bond acceptors (Lipinski definition) is 5. The van der Waals surface area contributed by atoms with Crippen molar-refractivity contribution in [3.05, 3.63) is 66.0 Å². The van der Waals surface area contributed by atoms with Crippen LogP contribution in [-0.4, -0.2) is 15.9 Å². The topological polar surface area (TPSA) is 107 Å². The van der Waals surface area contributed by atoms with Crippen molar-refractivity contribution in [2.45, 2.75) is 6.61 Å². The van der Waals surface area contributed by atoms with Crippen LogP contribution in [0.3, 0.4) is 0 Å². The highest BCUT2D eigenvalue weighted by Gasteiger charge is 2.11. The number of nitrogens with one attached hydrogen (secondary N) is 1. The number of ether oxygens (including phenoxy) is 1. The van der Waals surface area contributed by atoms with E-state index in [4.69, 9.17) is 16.2 Å². The third-order valence-electron chi connectivity index (χ3n) is 3.95. The Balaban J connectivity index is 1.56. The third kappa shape index (κ3) is 2.97. The van der Waals surface area contributed by atoms with Gasteiger partial charge in [-0.2, -0.15) is 0 Å². The van der Waals surface area contributed by atoms with Gasteiger partial charge in [0.1, 0.15) is 12.4 Å². The number of nitrogens with two attached hydrogens (primary N) is 2. The zero-order valence-corrected chi connectivity index (χ0v) is 13.3. The van der Waals surface area contributed by atoms with Crippen molar-refractivity contribution in [2.24, 2.45) is 0 Å². The van der Waals surface area contributed by atoms with E-state index in [9.17, 15) is 4.79 Å². The monoisotopic (exact) mass is 332 g/mol. The minimum absolute atomic E-state index is 0.0402. The minimum atomic E-state index is -0.496. The number of aromatic amines is 1. The molecule has 4 rings (SSSR count). The van der Waals surface area contributed by atoms with Crippen LogP contribution in [0.2, 0.25) is 0 Å². The van der Waals surface area contributed by atoms with Gasteiger partial charge >= 0.3 is 5.97 Å². The highest BCUT2D eigenvalue weighted by Crippen LogP contribution is 2.21. The average Bonchev–Trinajstić information content (AvgIpc) is 2.98. The summed E-state index contributed by atoms with van der Waals surface area (Å²) < 4.78 is 5.31. The highest BCUT2D eigenvalue weighted by molar-refractivity contribution is 5.95. The fraction of sp³-hybridized carbons (Fsp3) is 0.0526. The molecule has 0 saturated heterocycles. The lowest BCUT2D eigenvalue weighted by Crippen LogP contribution is -2.07. The van der Waals surface area contributed by atoms with Crippen LogP contribution in [0.25, 0.3) is 21.8 Å². The van der Waals surface area contributed by atoms with Gasteiger partial charge in [-0.25, -0.2) is 9.78 Å². The Morgan fingerprint density at radius 2 is 1.68 bits per heavy atom. The SMILES string of the molecule is Nc1cc(N)cc(C(=O)OCc2nc3cc4ccccc4cc3[nH]2)c1. The van der Waals surface area contributed by atoms with Gasteiger partial charge in [-0.1, -0.05) is 24.3 Å². The molecule has 1 aromatic heterocycles. The maximum atomic E-state index is 12.2. The summed E-state index contributed by atoms with van der Waals surface area (Å²) in [6, 6.07) is 16.7. The second-order valence-corrected chi connectivity index (χ2v) is 5.86. The van der Waals surface area contributed by atoms with Gasteiger partial charge in [0.2, 0.25) is 0 Å². The van der Waals surface area contributed by atoms with Gasteiger partial charge in [-0.05, 0) is 41.1 Å². The fourth-order valence-electron chi connectivity index (χ4n) is 2.83. The number of nitrogen functional groups attached to an aromatic ring is 2. The molecule has 4 aromatic rings. The van der Waals surface area contributed by atoms with Gasteiger partial charge in [0.15, 0.2) is 0 Å². The van der Waals surface area contributed by atoms with Crippen LogP contribution in [0.1, 0.15) is 16.2 Å². The fourth-order valence-corrected chi connectivity index (χ4v) is 2.83. The molecule has 3 aromatic carbocycles. The van der Waals surface area contributed by atoms with Crippen LogP contribution in [-0.2, 0) is 11.3 Å². The first-order valence-corrected chi connectivity index (χ1v) is 7.79. The Labute approximate surface area is 143 Å². The number of anilines is 2. The molecule has 25 heavy (non-hydrogen) atoms. The smallest absolute Gasteiger partial charge is 0.338 e. The van der Waals surface area contributed by atoms with Gasteiger partial charge in [-0.3, -0.25) is 0 Å². The van der Waals surface area contributed by atoms with Crippen molar-refractivity contribution in [3.8, 4) is 0 Å². The van der Waals surface area contributed by atoms with Crippen LogP contribution in [0.4, 0.5) is 11.4 Å². The summed E-state index contributed by atoms with van der Waals surface area (Å²) >= 11 is 0. The van der Waals surface area contributed by atoms with Gasteiger partial charge in [-0.15, -0.1) is 0 Å². The van der Waals surface area contributed by atoms with E-state index in [1.807, 2.05) is 36.4 Å². The quantitative estimate of drug-likeness (QED) is 0.394. The number of hydrogen-bond donors (Lipinski definition) is 3. The van der Waals surface area contributed by atoms with E-state index in [1.165, 1.54) is 12.1 Å². The zero-order valence-electron chi connectivity index (χ0n) is 13.3. The molecule has 6 nitrogen and oxygen atoms in total. The van der Waals surface area contributed by atoms with E-state index in [0.717, 1.165) is 21.8 Å². The Morgan fingerprint density at radius 3 is 2.40 bits per heavy atom. The molecule has 5 N–H and O–H groups in total. The first-order chi connectivity index (χ1) is 12.1. The summed E-state index contributed by atoms with van der Waals surface area (Å²) in [5.41, 5.74) is 14.3. The van der Waals surface area contributed by atoms with Crippen molar-refractivity contribution in [2.75, 3.05) is 11.5 Å². The zero-order chi connectivity index (χ0) is 17.4. The van der Waals surface area contributed by atoms with Gasteiger partial charge in [0.25, 0.3) is 0 Å². The summed E-state index contributed by atoms with van der Waals surface area (Å²) in [5, 5.41) is 2.23. The van der Waals surface area contributed by atoms with Crippen LogP contribution in [0.5, 0.6) is 0 Å². The van der Waals surface area contributed by atoms with Gasteiger partial charge < -0.3 is 21.2 Å². The number of esters is 1. The molecule has 1 heterocycles. The van der Waals surface area contributed by atoms with Crippen LogP contribution < -0.4 is 11.5 Å². The summed E-state index contributed by atoms with van der Waals surface area (Å²) in [6.07, 6.45) is 0. The molecule has 0 bridgehead atoms. The number of benzene rings is 3. The molecule has 0 aliphatic heterocycles. The predicted molar refractivity (Wildman–Crippen MR) is 98.0 cm³/mol. The lowest BCUT2D eigenvalue weighted by Gasteiger charge is -2.05. The molecular weight excluding hydrogens is 316 g/mol. The van der Waals surface area contributed by atoms with E-state index < -0.39 is 5.97 Å². The largest absolute Gasteiger partial charge is 0.454 e. The second-order valence-electron chi connectivity index (χ2n) is 5.86. The van der Waals surface area contributed by atoms with E-state index in [-0.39, 0.29) is 6.61 Å². The number of H-pyrrole nitrogens is 1. The maximum absolute atomic E-state index is 12.2. The van der Waals surface area contributed by atoms with Crippen molar-refractivity contribution in [1.29, 1.82) is 0 Å². The molecule has 0 fully saturated rings. The lowest BCUT2D eigenvalue weighted by atomic mass is 10.1. The maximum Gasteiger partial charge on any atom is 0.338 e. The van der Waals surface area contributed by atoms with Crippen molar-refractivity contribution >= 4 is 39.1 Å². The van der Waals surface area contributed by atoms with Crippen LogP contribution >= 0.6 is 0 Å². The first-order valence-electron chi connectivity index (χ1n) is 7.79. The Hall–Kier alpha value is -3.54. The molecule has 0 atom stereocenters. The molecule has 0 aliphatic carbocycles. The molecule has 0 aliphatic rings. The van der Waals surface area contributed by atoms with Gasteiger partial charge in [0.05, 0.1) is 16.6 Å². The standard InChI is InChI=1S/C19H16N4O2/c20-14-5-13(6-15(21)9-14)19(24)25-10-18-22-16-7-11-3-1-2-4-12(11)8-17(16)23-18/h1-9H,10,20-21H2,(H,22,23). The second kappa shape index (κ2) is 5.83. The third-order valence-corrected chi connectivity index (χ3v) is 3.95. The number of rotatable bonds is 3. The van der Waals surface area contributed by atoms with E-state index in [0.29, 0.717) is 22.8 Å². The minimum Gasteiger partial charge on any atom is -0.454 e. The average molecular weight is 332 g/mol. The Morgan fingerprint density at radius 1 is 1.00 bits per heavy atom. The molecule has 6 heteroatoms. The van der Waals surface area contributed by atoms with E-state index >= 15 is 0 Å². The normalized spacial score (nSPS) is 11.0. The van der Waals surface area contributed by atoms with Crippen molar-refractivity contribution < 1.29 is 9.53 Å². The number of carbonyl (C=O) groups is 1. The van der Waals surface area contributed by atoms with Crippen molar-refractivity contribution in [3.63, 3.8) is 0 Å². The molecule has 0 radical (unpaired) electrons. The summed E-state index contributed by atoms with van der Waals surface area (Å²) in [7, 11) is 0. The molecule has 0 unspecified atom stereocenters. The van der Waals surface area contributed by atoms with E-state index in [1.54, 1.807) is 6.07 Å². The molecular formula is C19H16N4O2. The molecule has 0 amide bonds. The van der Waals surface area contributed by atoms with E-state index in [2.05, 4.69) is 9.97 Å². The van der Waals surface area contributed by atoms with Crippen LogP contribution in [0, 0.1) is 0 Å². The lowest BCUT2D eigenvalue weighted by molar-refractivity contribution is 0.0463. The molecule has 0 saturated carbocycles. The Bertz CT molecular complexity index is 1030. The number of imidazole rings is 1. The molecule has 0 spiro atoms. The number of carbonyl (C=O) groups excluding carboxylic acids is 1. The summed E-state index contributed by atoms with van der Waals surface area (Å²) in [6.45, 7) is 0.0402. The van der Waals surface area contributed by atoms with Crippen molar-refractivity contribution in [1.82, 2.24) is 9.97 Å². The highest BCUT2D eigenvalue weighted by atomic mass is 16.5. The number of nitrogens with zero attached hydrogens (tertiary/aromatic N) is 1. The predicted octanol–water partition coefficient (Wildman–Crippen LogP) is 3.24. The summed E-state index contributed by atoms with van der Waals surface area (Å²) in [4.78, 5) is 19.8. The van der Waals surface area contributed by atoms with Crippen LogP contribution in [0.15, 0.2) is 54.6 Å². The molecule has 124 valence electrons. The summed E-state index contributed by atoms with van der Waals surface area (Å²) in [5.74, 6) is 0.0835. The number of aromatic nitrogens is 2.